The van der Waals surface area contributed by atoms with Gasteiger partial charge in [-0.25, -0.2) is 0 Å². The van der Waals surface area contributed by atoms with Gasteiger partial charge in [0.1, 0.15) is 18.7 Å². The molecule has 0 spiro atoms. The maximum absolute atomic E-state index is 13.9. The second-order valence-corrected chi connectivity index (χ2v) is 13.3. The van der Waals surface area contributed by atoms with Crippen LogP contribution in [0.15, 0.2) is 24.3 Å². The third kappa shape index (κ3) is 6.17. The number of nitrogens with zero attached hydrogens (tertiary/aromatic N) is 3. The van der Waals surface area contributed by atoms with E-state index in [-0.39, 0.29) is 47.1 Å². The lowest BCUT2D eigenvalue weighted by atomic mass is 9.78. The molecule has 4 rings (SSSR count). The molecule has 0 bridgehead atoms. The molecule has 8 heteroatoms. The monoisotopic (exact) mass is 512 g/mol. The number of ketones is 1. The number of carbonyl (C=O) groups is 3. The second-order valence-electron chi connectivity index (χ2n) is 13.3. The number of piperazine rings is 1. The highest BCUT2D eigenvalue weighted by Gasteiger charge is 2.56. The van der Waals surface area contributed by atoms with Crippen molar-refractivity contribution >= 4 is 23.3 Å². The highest BCUT2D eigenvalue weighted by Crippen LogP contribution is 2.42. The minimum absolute atomic E-state index is 0.0433. The fraction of sp³-hybridized carbons (Fsp3) is 0.690. The van der Waals surface area contributed by atoms with Crippen LogP contribution in [0.1, 0.15) is 58.3 Å². The minimum atomic E-state index is -0.724. The van der Waals surface area contributed by atoms with E-state index in [0.717, 1.165) is 31.9 Å². The van der Waals surface area contributed by atoms with Gasteiger partial charge in [-0.05, 0) is 48.6 Å². The first-order valence-electron chi connectivity index (χ1n) is 13.5. The zero-order chi connectivity index (χ0) is 27.1. The van der Waals surface area contributed by atoms with Gasteiger partial charge in [0, 0.05) is 49.9 Å². The van der Waals surface area contributed by atoms with Crippen LogP contribution in [0.4, 0.5) is 5.69 Å². The summed E-state index contributed by atoms with van der Waals surface area (Å²) < 4.78 is 5.87. The first kappa shape index (κ1) is 27.6. The van der Waals surface area contributed by atoms with E-state index >= 15 is 0 Å². The molecule has 1 aromatic carbocycles. The lowest BCUT2D eigenvalue weighted by Gasteiger charge is -2.34. The van der Waals surface area contributed by atoms with Gasteiger partial charge in [-0.15, -0.1) is 0 Å². The van der Waals surface area contributed by atoms with Crippen molar-refractivity contribution in [3.63, 3.8) is 0 Å². The number of anilines is 1. The summed E-state index contributed by atoms with van der Waals surface area (Å²) in [5.41, 5.74) is 1.31. The van der Waals surface area contributed by atoms with Crippen molar-refractivity contribution < 1.29 is 19.1 Å². The molecule has 1 N–H and O–H groups in total. The van der Waals surface area contributed by atoms with Crippen LogP contribution < -0.4 is 10.2 Å². The molecule has 1 aromatic rings. The van der Waals surface area contributed by atoms with Crippen LogP contribution >= 0.6 is 0 Å². The smallest absolute Gasteiger partial charge is 0.251 e. The fourth-order valence-corrected chi connectivity index (χ4v) is 5.79. The quantitative estimate of drug-likeness (QED) is 0.654. The van der Waals surface area contributed by atoms with Gasteiger partial charge >= 0.3 is 0 Å². The Morgan fingerprint density at radius 1 is 1.03 bits per heavy atom. The molecule has 37 heavy (non-hydrogen) atoms. The summed E-state index contributed by atoms with van der Waals surface area (Å²) in [6.45, 7) is 17.0. The molecule has 2 amide bonds. The number of hydrogen-bond donors (Lipinski definition) is 1. The number of benzene rings is 1. The number of Topliss-reactive ketones (excluding diaryl/α,β-unsaturated/α-hetero) is 1. The van der Waals surface area contributed by atoms with Gasteiger partial charge in [-0.2, -0.15) is 0 Å². The summed E-state index contributed by atoms with van der Waals surface area (Å²) in [4.78, 5) is 46.3. The normalized spacial score (nSPS) is 25.8. The molecule has 0 aromatic heterocycles. The standard InChI is InChI=1S/C29H44N4O4/c1-28(2,3)16-22(27(36)33-17-21(29(4,5)6)25-24(33)23(34)18-37-25)30-26(35)19-8-10-20(11-9-19)32-14-12-31(7)13-15-32/h8-11,21-22,24-25H,12-18H2,1-7H3,(H,30,35)/t21-,22-,24+,25+/m0/s1. The topological polar surface area (TPSA) is 82.2 Å². The van der Waals surface area contributed by atoms with E-state index in [1.165, 1.54) is 0 Å². The lowest BCUT2D eigenvalue weighted by Crippen LogP contribution is -2.53. The summed E-state index contributed by atoms with van der Waals surface area (Å²) in [7, 11) is 2.13. The van der Waals surface area contributed by atoms with Gasteiger partial charge < -0.3 is 24.8 Å². The summed E-state index contributed by atoms with van der Waals surface area (Å²) in [6.07, 6.45) is 0.185. The molecule has 3 aliphatic heterocycles. The first-order valence-corrected chi connectivity index (χ1v) is 13.5. The van der Waals surface area contributed by atoms with Crippen molar-refractivity contribution in [1.82, 2.24) is 15.1 Å². The molecule has 204 valence electrons. The Morgan fingerprint density at radius 2 is 1.65 bits per heavy atom. The van der Waals surface area contributed by atoms with Crippen LogP contribution in [0.2, 0.25) is 0 Å². The molecule has 3 fully saturated rings. The van der Waals surface area contributed by atoms with Crippen LogP contribution in [-0.4, -0.2) is 92.0 Å². The molecule has 8 nitrogen and oxygen atoms in total. The van der Waals surface area contributed by atoms with Crippen LogP contribution in [0, 0.1) is 16.7 Å². The van der Waals surface area contributed by atoms with E-state index < -0.39 is 12.1 Å². The number of nitrogens with one attached hydrogen (secondary N) is 1. The number of likely N-dealkylation sites (N-methyl/N-ethyl adjacent to an activating group) is 1. The zero-order valence-corrected chi connectivity index (χ0v) is 23.5. The second kappa shape index (κ2) is 10.4. The predicted octanol–water partition coefficient (Wildman–Crippen LogP) is 2.81. The maximum Gasteiger partial charge on any atom is 0.251 e. The number of likely N-dealkylation sites (tertiary alicyclic amines) is 1. The van der Waals surface area contributed by atoms with Crippen LogP contribution in [0.25, 0.3) is 0 Å². The number of hydrogen-bond acceptors (Lipinski definition) is 6. The van der Waals surface area contributed by atoms with Gasteiger partial charge in [-0.3, -0.25) is 14.4 Å². The Kier molecular flexibility index (Phi) is 7.73. The molecular weight excluding hydrogens is 468 g/mol. The van der Waals surface area contributed by atoms with Crippen molar-refractivity contribution in [3.8, 4) is 0 Å². The Balaban J connectivity index is 1.50. The average Bonchev–Trinajstić information content (AvgIpc) is 3.38. The van der Waals surface area contributed by atoms with Crippen molar-refractivity contribution in [1.29, 1.82) is 0 Å². The molecule has 0 aliphatic carbocycles. The Bertz CT molecular complexity index is 1000. The molecule has 4 atom stereocenters. The number of amides is 2. The largest absolute Gasteiger partial charge is 0.369 e. The van der Waals surface area contributed by atoms with E-state index in [1.807, 2.05) is 24.3 Å². The summed E-state index contributed by atoms with van der Waals surface area (Å²) in [5.74, 6) is -0.464. The summed E-state index contributed by atoms with van der Waals surface area (Å²) in [6, 6.07) is 6.33. The van der Waals surface area contributed by atoms with Gasteiger partial charge in [0.2, 0.25) is 5.91 Å². The highest BCUT2D eigenvalue weighted by molar-refractivity contribution is 5.99. The maximum atomic E-state index is 13.9. The van der Waals surface area contributed by atoms with Crippen LogP contribution in [0.5, 0.6) is 0 Å². The SMILES string of the molecule is CN1CCN(c2ccc(C(=O)N[C@@H](CC(C)(C)C)C(=O)N3C[C@H](C(C)(C)C)[C@H]4OCC(=O)[C@H]43)cc2)CC1. The van der Waals surface area contributed by atoms with E-state index in [1.54, 1.807) is 4.90 Å². The molecule has 3 heterocycles. The van der Waals surface area contributed by atoms with Crippen molar-refractivity contribution in [2.75, 3.05) is 51.3 Å². The number of ether oxygens (including phenoxy) is 1. The van der Waals surface area contributed by atoms with Crippen molar-refractivity contribution in [2.45, 2.75) is 66.2 Å². The van der Waals surface area contributed by atoms with E-state index in [2.05, 4.69) is 63.7 Å². The number of rotatable bonds is 5. The number of fused-ring (bicyclic) bond motifs is 1. The molecule has 3 aliphatic rings. The van der Waals surface area contributed by atoms with Crippen LogP contribution in [0.3, 0.4) is 0 Å². The Labute approximate surface area is 221 Å². The highest BCUT2D eigenvalue weighted by atomic mass is 16.5. The molecular formula is C29H44N4O4. The molecule has 0 radical (unpaired) electrons. The van der Waals surface area contributed by atoms with Gasteiger partial charge in [-0.1, -0.05) is 41.5 Å². The van der Waals surface area contributed by atoms with E-state index in [9.17, 15) is 14.4 Å². The summed E-state index contributed by atoms with van der Waals surface area (Å²) in [5, 5.41) is 3.02. The van der Waals surface area contributed by atoms with Crippen LogP contribution in [-0.2, 0) is 14.3 Å². The van der Waals surface area contributed by atoms with Gasteiger partial charge in [0.25, 0.3) is 5.91 Å². The fourth-order valence-electron chi connectivity index (χ4n) is 5.79. The van der Waals surface area contributed by atoms with Gasteiger partial charge in [0.05, 0.1) is 6.10 Å². The average molecular weight is 513 g/mol. The van der Waals surface area contributed by atoms with E-state index in [4.69, 9.17) is 4.74 Å². The molecule has 0 saturated carbocycles. The molecule has 0 unspecified atom stereocenters. The van der Waals surface area contributed by atoms with Gasteiger partial charge in [0.15, 0.2) is 5.78 Å². The third-order valence-corrected chi connectivity index (χ3v) is 8.00. The first-order chi connectivity index (χ1) is 17.2. The minimum Gasteiger partial charge on any atom is -0.369 e. The van der Waals surface area contributed by atoms with E-state index in [0.29, 0.717) is 18.5 Å². The molecule has 3 saturated heterocycles. The number of carbonyl (C=O) groups excluding carboxylic acids is 3. The Hall–Kier alpha value is -2.45. The third-order valence-electron chi connectivity index (χ3n) is 8.00. The Morgan fingerprint density at radius 3 is 2.22 bits per heavy atom. The van der Waals surface area contributed by atoms with Crippen molar-refractivity contribution in [2.24, 2.45) is 16.7 Å². The zero-order valence-electron chi connectivity index (χ0n) is 23.5. The predicted molar refractivity (Wildman–Crippen MR) is 145 cm³/mol. The van der Waals surface area contributed by atoms with Crippen molar-refractivity contribution in [3.05, 3.63) is 29.8 Å². The lowest BCUT2D eigenvalue weighted by molar-refractivity contribution is -0.138. The summed E-state index contributed by atoms with van der Waals surface area (Å²) >= 11 is 0.